The highest BCUT2D eigenvalue weighted by atomic mass is 16.5. The number of hydrogen-bond donors (Lipinski definition) is 0. The highest BCUT2D eigenvalue weighted by molar-refractivity contribution is 4.86. The van der Waals surface area contributed by atoms with E-state index in [9.17, 15) is 0 Å². The fourth-order valence-corrected chi connectivity index (χ4v) is 3.12. The Morgan fingerprint density at radius 1 is 1.13 bits per heavy atom. The number of hydrogen-bond acceptors (Lipinski definition) is 2. The van der Waals surface area contributed by atoms with Crippen LogP contribution in [-0.4, -0.2) is 29.8 Å². The van der Waals surface area contributed by atoms with Gasteiger partial charge >= 0.3 is 0 Å². The summed E-state index contributed by atoms with van der Waals surface area (Å²) in [6.07, 6.45) is 9.51. The lowest BCUT2D eigenvalue weighted by Crippen LogP contribution is -2.41. The van der Waals surface area contributed by atoms with Gasteiger partial charge in [0.2, 0.25) is 0 Å². The Morgan fingerprint density at radius 2 is 1.73 bits per heavy atom. The van der Waals surface area contributed by atoms with Gasteiger partial charge in [0, 0.05) is 13.1 Å². The zero-order valence-electron chi connectivity index (χ0n) is 10.3. The van der Waals surface area contributed by atoms with E-state index in [-0.39, 0.29) is 5.60 Å². The molecule has 2 heteroatoms. The van der Waals surface area contributed by atoms with Crippen molar-refractivity contribution < 1.29 is 4.74 Å². The summed E-state index contributed by atoms with van der Waals surface area (Å²) in [7, 11) is 0. The van der Waals surface area contributed by atoms with Crippen LogP contribution in [0.1, 0.15) is 58.8 Å². The lowest BCUT2D eigenvalue weighted by molar-refractivity contribution is -0.141. The number of likely N-dealkylation sites (tertiary alicyclic amines) is 1. The maximum Gasteiger partial charge on any atom is 0.108 e. The molecule has 1 aliphatic carbocycles. The van der Waals surface area contributed by atoms with Crippen LogP contribution in [0.25, 0.3) is 0 Å². The Kier molecular flexibility index (Phi) is 3.68. The van der Waals surface area contributed by atoms with Crippen molar-refractivity contribution >= 4 is 0 Å². The molecule has 2 aliphatic rings. The van der Waals surface area contributed by atoms with Crippen LogP contribution >= 0.6 is 0 Å². The van der Waals surface area contributed by atoms with Gasteiger partial charge in [0.15, 0.2) is 0 Å². The molecule has 2 rings (SSSR count). The first-order valence-electron chi connectivity index (χ1n) is 6.68. The maximum absolute atomic E-state index is 6.36. The molecule has 0 aromatic rings. The number of nitrogens with zero attached hydrogens (tertiary/aromatic N) is 1. The van der Waals surface area contributed by atoms with Crippen molar-refractivity contribution in [2.75, 3.05) is 13.1 Å². The summed E-state index contributed by atoms with van der Waals surface area (Å²) < 4.78 is 6.36. The molecule has 0 N–H and O–H groups in total. The third kappa shape index (κ3) is 2.54. The Hall–Kier alpha value is -0.0800. The molecule has 0 aromatic carbocycles. The van der Waals surface area contributed by atoms with Gasteiger partial charge in [0.25, 0.3) is 0 Å². The molecule has 15 heavy (non-hydrogen) atoms. The predicted molar refractivity (Wildman–Crippen MR) is 62.8 cm³/mol. The van der Waals surface area contributed by atoms with Gasteiger partial charge in [-0.05, 0) is 39.0 Å². The molecule has 1 aliphatic heterocycles. The summed E-state index contributed by atoms with van der Waals surface area (Å²) in [5.74, 6) is 0. The summed E-state index contributed by atoms with van der Waals surface area (Å²) in [5, 5.41) is 0. The molecule has 1 heterocycles. The lowest BCUT2D eigenvalue weighted by Gasteiger charge is -2.35. The fraction of sp³-hybridized carbons (Fsp3) is 1.00. The molecular weight excluding hydrogens is 186 g/mol. The third-order valence-corrected chi connectivity index (χ3v) is 4.23. The van der Waals surface area contributed by atoms with Gasteiger partial charge in [0.1, 0.15) is 6.23 Å². The maximum atomic E-state index is 6.36. The molecule has 88 valence electrons. The molecular formula is C13H25NO. The second kappa shape index (κ2) is 4.84. The molecule has 0 amide bonds. The zero-order valence-corrected chi connectivity index (χ0v) is 10.3. The van der Waals surface area contributed by atoms with E-state index in [0.717, 1.165) is 0 Å². The van der Waals surface area contributed by atoms with E-state index in [1.165, 1.54) is 58.0 Å². The zero-order chi connectivity index (χ0) is 10.7. The quantitative estimate of drug-likeness (QED) is 0.708. The Morgan fingerprint density at radius 3 is 2.27 bits per heavy atom. The average Bonchev–Trinajstić information content (AvgIpc) is 2.88. The topological polar surface area (TPSA) is 12.5 Å². The van der Waals surface area contributed by atoms with E-state index in [2.05, 4.69) is 18.7 Å². The lowest BCUT2D eigenvalue weighted by atomic mass is 9.99. The summed E-state index contributed by atoms with van der Waals surface area (Å²) in [5.41, 5.74) is 0.224. The monoisotopic (exact) mass is 211 g/mol. The summed E-state index contributed by atoms with van der Waals surface area (Å²) >= 11 is 0. The van der Waals surface area contributed by atoms with Gasteiger partial charge < -0.3 is 4.74 Å². The first kappa shape index (κ1) is 11.4. The molecule has 2 fully saturated rings. The second-order valence-electron chi connectivity index (χ2n) is 5.20. The highest BCUT2D eigenvalue weighted by Gasteiger charge is 2.36. The van der Waals surface area contributed by atoms with E-state index >= 15 is 0 Å². The minimum atomic E-state index is 0.224. The fourth-order valence-electron chi connectivity index (χ4n) is 3.12. The van der Waals surface area contributed by atoms with Gasteiger partial charge in [-0.25, -0.2) is 0 Å². The van der Waals surface area contributed by atoms with Gasteiger partial charge in [-0.1, -0.05) is 19.8 Å². The van der Waals surface area contributed by atoms with Crippen molar-refractivity contribution in [3.8, 4) is 0 Å². The minimum absolute atomic E-state index is 0.224. The van der Waals surface area contributed by atoms with Crippen LogP contribution < -0.4 is 0 Å². The van der Waals surface area contributed by atoms with E-state index in [4.69, 9.17) is 4.74 Å². The first-order chi connectivity index (χ1) is 7.26. The van der Waals surface area contributed by atoms with Crippen molar-refractivity contribution in [3.05, 3.63) is 0 Å². The summed E-state index contributed by atoms with van der Waals surface area (Å²) in [6, 6.07) is 0. The SMILES string of the molecule is CCC1(OC(C)N2CCCC2)CCCC1. The number of rotatable bonds is 4. The van der Waals surface area contributed by atoms with E-state index in [1.807, 2.05) is 0 Å². The average molecular weight is 211 g/mol. The van der Waals surface area contributed by atoms with Crippen molar-refractivity contribution in [1.29, 1.82) is 0 Å². The largest absolute Gasteiger partial charge is 0.357 e. The second-order valence-corrected chi connectivity index (χ2v) is 5.20. The van der Waals surface area contributed by atoms with Crippen LogP contribution in [0.15, 0.2) is 0 Å². The van der Waals surface area contributed by atoms with Crippen LogP contribution in [0.3, 0.4) is 0 Å². The van der Waals surface area contributed by atoms with E-state index < -0.39 is 0 Å². The molecule has 0 aromatic heterocycles. The van der Waals surface area contributed by atoms with Gasteiger partial charge in [-0.15, -0.1) is 0 Å². The van der Waals surface area contributed by atoms with Gasteiger partial charge in [-0.3, -0.25) is 4.90 Å². The molecule has 2 nitrogen and oxygen atoms in total. The Bertz CT molecular complexity index is 193. The Labute approximate surface area is 94.0 Å². The van der Waals surface area contributed by atoms with Crippen LogP contribution in [-0.2, 0) is 4.74 Å². The van der Waals surface area contributed by atoms with Crippen LogP contribution in [0.2, 0.25) is 0 Å². The van der Waals surface area contributed by atoms with Crippen molar-refractivity contribution in [3.63, 3.8) is 0 Å². The van der Waals surface area contributed by atoms with Crippen molar-refractivity contribution in [2.24, 2.45) is 0 Å². The first-order valence-corrected chi connectivity index (χ1v) is 6.68. The summed E-state index contributed by atoms with van der Waals surface area (Å²) in [4.78, 5) is 2.50. The molecule has 0 spiro atoms. The minimum Gasteiger partial charge on any atom is -0.357 e. The normalized spacial score (nSPS) is 28.4. The standard InChI is InChI=1S/C13H25NO/c1-3-13(8-4-5-9-13)15-12(2)14-10-6-7-11-14/h12H,3-11H2,1-2H3. The highest BCUT2D eigenvalue weighted by Crippen LogP contribution is 2.37. The smallest absolute Gasteiger partial charge is 0.108 e. The molecule has 1 atom stereocenters. The molecule has 0 radical (unpaired) electrons. The van der Waals surface area contributed by atoms with Crippen LogP contribution in [0.4, 0.5) is 0 Å². The van der Waals surface area contributed by atoms with Crippen molar-refractivity contribution in [1.82, 2.24) is 4.90 Å². The van der Waals surface area contributed by atoms with E-state index in [1.54, 1.807) is 0 Å². The third-order valence-electron chi connectivity index (χ3n) is 4.23. The molecule has 1 saturated heterocycles. The molecule has 1 saturated carbocycles. The molecule has 1 unspecified atom stereocenters. The predicted octanol–water partition coefficient (Wildman–Crippen LogP) is 3.17. The summed E-state index contributed by atoms with van der Waals surface area (Å²) in [6.45, 7) is 6.99. The van der Waals surface area contributed by atoms with E-state index in [0.29, 0.717) is 6.23 Å². The number of ether oxygens (including phenoxy) is 1. The Balaban J connectivity index is 1.88. The van der Waals surface area contributed by atoms with Gasteiger partial charge in [-0.2, -0.15) is 0 Å². The van der Waals surface area contributed by atoms with Crippen LogP contribution in [0, 0.1) is 0 Å². The van der Waals surface area contributed by atoms with Crippen LogP contribution in [0.5, 0.6) is 0 Å². The van der Waals surface area contributed by atoms with Crippen molar-refractivity contribution in [2.45, 2.75) is 70.6 Å². The molecule has 0 bridgehead atoms. The van der Waals surface area contributed by atoms with Gasteiger partial charge in [0.05, 0.1) is 5.60 Å².